The summed E-state index contributed by atoms with van der Waals surface area (Å²) >= 11 is 9.68. The van der Waals surface area contributed by atoms with E-state index >= 15 is 0 Å². The summed E-state index contributed by atoms with van der Waals surface area (Å²) in [4.78, 5) is 48.2. The zero-order chi connectivity index (χ0) is 24.7. The number of hydrogen-bond donors (Lipinski definition) is 0. The molecule has 180 valence electrons. The summed E-state index contributed by atoms with van der Waals surface area (Å²) in [6.45, 7) is 9.87. The van der Waals surface area contributed by atoms with Gasteiger partial charge in [0.2, 0.25) is 0 Å². The summed E-state index contributed by atoms with van der Waals surface area (Å²) in [6.07, 6.45) is 0. The Hall–Kier alpha value is -0.520. The van der Waals surface area contributed by atoms with Gasteiger partial charge in [-0.15, -0.1) is 0 Å². The van der Waals surface area contributed by atoms with Crippen LogP contribution in [0.5, 0.6) is 0 Å². The van der Waals surface area contributed by atoms with Crippen molar-refractivity contribution in [3.05, 3.63) is 0 Å². The largest absolute Gasteiger partial charge is 0.464 e. The Morgan fingerprint density at radius 2 is 0.903 bits per heavy atom. The highest BCUT2D eigenvalue weighted by Crippen LogP contribution is 2.27. The minimum absolute atomic E-state index is 0.158. The van der Waals surface area contributed by atoms with Crippen molar-refractivity contribution in [3.63, 3.8) is 0 Å². The Kier molecular flexibility index (Phi) is 11.9. The lowest BCUT2D eigenvalue weighted by atomic mass is 9.92. The molecule has 0 heterocycles. The summed E-state index contributed by atoms with van der Waals surface area (Å²) in [7, 11) is 0. The quantitative estimate of drug-likeness (QED) is 0.171. The van der Waals surface area contributed by atoms with E-state index in [9.17, 15) is 19.2 Å². The third-order valence-corrected chi connectivity index (χ3v) is 4.67. The van der Waals surface area contributed by atoms with E-state index < -0.39 is 36.3 Å². The number of ketones is 1. The van der Waals surface area contributed by atoms with Crippen LogP contribution in [0.25, 0.3) is 0 Å². The van der Waals surface area contributed by atoms with Gasteiger partial charge in [-0.3, -0.25) is 19.2 Å². The molecule has 0 aromatic carbocycles. The fourth-order valence-corrected chi connectivity index (χ4v) is 2.18. The average Bonchev–Trinajstić information content (AvgIpc) is 2.58. The minimum atomic E-state index is -1.23. The Bertz CT molecular complexity index is 583. The molecule has 0 aliphatic heterocycles. The van der Waals surface area contributed by atoms with Crippen LogP contribution in [-0.2, 0) is 38.1 Å². The smallest absolute Gasteiger partial charge is 0.322 e. The molecule has 0 aromatic heterocycles. The van der Waals surface area contributed by atoms with Crippen LogP contribution < -0.4 is 0 Å². The molecule has 0 aromatic rings. The lowest BCUT2D eigenvalue weighted by molar-refractivity contribution is -0.170. The molecule has 0 fully saturated rings. The van der Waals surface area contributed by atoms with Crippen molar-refractivity contribution in [3.8, 4) is 0 Å². The van der Waals surface area contributed by atoms with Crippen molar-refractivity contribution < 1.29 is 38.1 Å². The molecule has 0 unspecified atom stereocenters. The first-order valence-corrected chi connectivity index (χ1v) is 11.8. The molecule has 0 N–H and O–H groups in total. The first-order chi connectivity index (χ1) is 13.8. The number of rotatable bonds is 13. The number of hydrogen-bond acceptors (Lipinski definition) is 8. The molecule has 11 heteroatoms. The summed E-state index contributed by atoms with van der Waals surface area (Å²) in [6, 6.07) is 0. The van der Waals surface area contributed by atoms with Crippen molar-refractivity contribution in [2.24, 2.45) is 5.41 Å². The monoisotopic (exact) mass is 636 g/mol. The van der Waals surface area contributed by atoms with Gasteiger partial charge in [-0.1, -0.05) is 47.8 Å². The maximum absolute atomic E-state index is 12.3. The van der Waals surface area contributed by atoms with Crippen molar-refractivity contribution in [2.75, 3.05) is 33.0 Å². The number of carbonyl (C=O) groups excluding carboxylic acids is 4. The van der Waals surface area contributed by atoms with Gasteiger partial charge < -0.3 is 18.9 Å². The first kappa shape index (κ1) is 30.5. The van der Waals surface area contributed by atoms with Gasteiger partial charge in [0, 0.05) is 0 Å². The van der Waals surface area contributed by atoms with Crippen LogP contribution in [0, 0.1) is 5.41 Å². The molecular weight excluding hydrogens is 608 g/mol. The zero-order valence-corrected chi connectivity index (χ0v) is 23.7. The van der Waals surface area contributed by atoms with Crippen LogP contribution >= 0.6 is 47.8 Å². The highest BCUT2D eigenvalue weighted by atomic mass is 79.9. The molecule has 0 aliphatic rings. The normalized spacial score (nSPS) is 12.8. The number of Topliss-reactive ketones (excluding diaryl/α,β-unsaturated/α-hetero) is 1. The Balaban J connectivity index is 5.75. The molecule has 8 nitrogen and oxygen atoms in total. The van der Waals surface area contributed by atoms with E-state index in [-0.39, 0.29) is 38.8 Å². The van der Waals surface area contributed by atoms with Crippen molar-refractivity contribution in [1.29, 1.82) is 0 Å². The highest BCUT2D eigenvalue weighted by molar-refractivity contribution is 9.10. The van der Waals surface area contributed by atoms with Crippen LogP contribution in [0.2, 0.25) is 0 Å². The number of halogens is 3. The number of ether oxygens (including phenoxy) is 4. The lowest BCUT2D eigenvalue weighted by Gasteiger charge is -2.34. The fraction of sp³-hybridized carbons (Fsp3) is 0.800. The lowest BCUT2D eigenvalue weighted by Crippen LogP contribution is -2.46. The summed E-state index contributed by atoms with van der Waals surface area (Å²) in [5, 5.41) is 0. The van der Waals surface area contributed by atoms with Gasteiger partial charge in [0.15, 0.2) is 5.78 Å². The van der Waals surface area contributed by atoms with Crippen LogP contribution in [0.3, 0.4) is 0 Å². The molecule has 0 bridgehead atoms. The van der Waals surface area contributed by atoms with Gasteiger partial charge >= 0.3 is 17.9 Å². The minimum Gasteiger partial charge on any atom is -0.464 e. The molecular formula is C20H31Br3O8. The average molecular weight is 639 g/mol. The molecule has 0 rings (SSSR count). The second-order valence-corrected chi connectivity index (χ2v) is 14.8. The third-order valence-electron chi connectivity index (χ3n) is 3.70. The summed E-state index contributed by atoms with van der Waals surface area (Å²) in [5.74, 6) is -1.92. The maximum atomic E-state index is 12.3. The summed E-state index contributed by atoms with van der Waals surface area (Å²) in [5.41, 5.74) is -1.23. The van der Waals surface area contributed by atoms with Crippen molar-refractivity contribution >= 4 is 71.5 Å². The second kappa shape index (κ2) is 12.1. The topological polar surface area (TPSA) is 105 Å². The van der Waals surface area contributed by atoms with E-state index in [1.165, 1.54) is 6.92 Å². The highest BCUT2D eigenvalue weighted by Gasteiger charge is 2.40. The van der Waals surface area contributed by atoms with Crippen LogP contribution in [0.15, 0.2) is 0 Å². The third kappa shape index (κ3) is 12.3. The van der Waals surface area contributed by atoms with Gasteiger partial charge in [-0.25, -0.2) is 0 Å². The summed E-state index contributed by atoms with van der Waals surface area (Å²) < 4.78 is 18.8. The Morgan fingerprint density at radius 1 is 0.613 bits per heavy atom. The maximum Gasteiger partial charge on any atom is 0.322 e. The molecule has 0 saturated carbocycles. The SMILES string of the molecule is CC(=O)COCC(COC(=O)C(C)(C)Br)(COC(=O)C(C)(C)Br)COC(=O)C(C)(C)Br. The number of carbonyl (C=O) groups is 4. The standard InChI is InChI=1S/C20H31Br3O8/c1-13(24)8-28-9-20(10-29-14(25)17(2,3)21,11-30-15(26)18(4,5)22)12-31-16(27)19(6,7)23/h8-12H2,1-7H3. The van der Waals surface area contributed by atoms with Crippen LogP contribution in [0.4, 0.5) is 0 Å². The van der Waals surface area contributed by atoms with Crippen molar-refractivity contribution in [1.82, 2.24) is 0 Å². The van der Waals surface area contributed by atoms with E-state index in [1.807, 2.05) is 0 Å². The molecule has 0 radical (unpaired) electrons. The predicted octanol–water partition coefficient (Wildman–Crippen LogP) is 3.73. The van der Waals surface area contributed by atoms with Gasteiger partial charge in [0.25, 0.3) is 0 Å². The van der Waals surface area contributed by atoms with Crippen molar-refractivity contribution in [2.45, 2.75) is 61.4 Å². The van der Waals surface area contributed by atoms with Gasteiger partial charge in [0.1, 0.15) is 39.4 Å². The van der Waals surface area contributed by atoms with E-state index in [1.54, 1.807) is 41.5 Å². The zero-order valence-electron chi connectivity index (χ0n) is 18.9. The van der Waals surface area contributed by atoms with Gasteiger partial charge in [-0.2, -0.15) is 0 Å². The van der Waals surface area contributed by atoms with Crippen LogP contribution in [-0.4, -0.2) is 69.7 Å². The molecule has 0 atom stereocenters. The molecule has 0 saturated heterocycles. The van der Waals surface area contributed by atoms with Crippen LogP contribution in [0.1, 0.15) is 48.5 Å². The van der Waals surface area contributed by atoms with E-state index in [4.69, 9.17) is 18.9 Å². The predicted molar refractivity (Wildman–Crippen MR) is 126 cm³/mol. The molecule has 31 heavy (non-hydrogen) atoms. The van der Waals surface area contributed by atoms with Gasteiger partial charge in [-0.05, 0) is 48.5 Å². The van der Waals surface area contributed by atoms with E-state index in [0.29, 0.717) is 0 Å². The molecule has 0 aliphatic carbocycles. The van der Waals surface area contributed by atoms with E-state index in [0.717, 1.165) is 0 Å². The number of alkyl halides is 3. The number of esters is 3. The van der Waals surface area contributed by atoms with Gasteiger partial charge in [0.05, 0.1) is 12.0 Å². The molecule has 0 amide bonds. The first-order valence-electron chi connectivity index (χ1n) is 9.46. The second-order valence-electron chi connectivity index (χ2n) is 8.84. The fourth-order valence-electron chi connectivity index (χ4n) is 1.83. The Labute approximate surface area is 208 Å². The van der Waals surface area contributed by atoms with E-state index in [2.05, 4.69) is 47.8 Å². The molecule has 0 spiro atoms. The Morgan fingerprint density at radius 3 is 1.13 bits per heavy atom.